The van der Waals surface area contributed by atoms with Gasteiger partial charge in [0.25, 0.3) is 5.91 Å². The Morgan fingerprint density at radius 2 is 1.69 bits per heavy atom. The number of nitrogens with zero attached hydrogens (tertiary/aromatic N) is 3. The molecule has 7 heteroatoms. The third-order valence-electron chi connectivity index (χ3n) is 6.35. The van der Waals surface area contributed by atoms with E-state index in [4.69, 9.17) is 14.5 Å². The molecule has 35 heavy (non-hydrogen) atoms. The summed E-state index contributed by atoms with van der Waals surface area (Å²) in [6, 6.07) is 11.7. The molecule has 188 valence electrons. The van der Waals surface area contributed by atoms with Gasteiger partial charge in [-0.2, -0.15) is 0 Å². The van der Waals surface area contributed by atoms with E-state index in [0.29, 0.717) is 30.6 Å². The highest BCUT2D eigenvalue weighted by Gasteiger charge is 2.19. The summed E-state index contributed by atoms with van der Waals surface area (Å²) >= 11 is 0. The number of benzene rings is 2. The zero-order chi connectivity index (χ0) is 24.9. The van der Waals surface area contributed by atoms with Crippen LogP contribution in [0, 0.1) is 11.8 Å². The molecule has 2 aromatic carbocycles. The van der Waals surface area contributed by atoms with Crippen molar-refractivity contribution in [1.29, 1.82) is 0 Å². The van der Waals surface area contributed by atoms with Gasteiger partial charge in [-0.1, -0.05) is 27.7 Å². The molecule has 7 nitrogen and oxygen atoms in total. The number of aromatic nitrogens is 2. The Balaban J connectivity index is 1.60. The molecular formula is C28H38N4O3. The maximum atomic E-state index is 13.5. The molecule has 3 aromatic rings. The Morgan fingerprint density at radius 1 is 1.00 bits per heavy atom. The smallest absolute Gasteiger partial charge is 0.253 e. The van der Waals surface area contributed by atoms with Gasteiger partial charge in [-0.05, 0) is 61.9 Å². The first-order chi connectivity index (χ1) is 16.9. The number of imidazole rings is 1. The van der Waals surface area contributed by atoms with Gasteiger partial charge in [0.15, 0.2) is 11.5 Å². The van der Waals surface area contributed by atoms with E-state index < -0.39 is 0 Å². The van der Waals surface area contributed by atoms with Gasteiger partial charge in [-0.25, -0.2) is 4.98 Å². The first-order valence-electron chi connectivity index (χ1n) is 12.8. The molecule has 2 heterocycles. The molecule has 0 fully saturated rings. The molecule has 0 saturated carbocycles. The van der Waals surface area contributed by atoms with Crippen molar-refractivity contribution in [2.24, 2.45) is 11.8 Å². The number of nitrogens with one attached hydrogen (secondary N) is 1. The molecule has 0 aliphatic carbocycles. The highest BCUT2D eigenvalue weighted by Crippen LogP contribution is 2.34. The van der Waals surface area contributed by atoms with E-state index in [0.717, 1.165) is 66.6 Å². The summed E-state index contributed by atoms with van der Waals surface area (Å²) in [4.78, 5) is 20.3. The maximum Gasteiger partial charge on any atom is 0.253 e. The summed E-state index contributed by atoms with van der Waals surface area (Å²) in [6.45, 7) is 14.3. The Kier molecular flexibility index (Phi) is 7.83. The van der Waals surface area contributed by atoms with E-state index >= 15 is 0 Å². The van der Waals surface area contributed by atoms with Gasteiger partial charge >= 0.3 is 0 Å². The van der Waals surface area contributed by atoms with Crippen molar-refractivity contribution in [3.05, 3.63) is 42.0 Å². The third-order valence-corrected chi connectivity index (χ3v) is 6.35. The second-order valence-corrected chi connectivity index (χ2v) is 10.0. The summed E-state index contributed by atoms with van der Waals surface area (Å²) in [5.41, 5.74) is 3.40. The number of amides is 1. The molecule has 0 radical (unpaired) electrons. The molecule has 1 amide bonds. The summed E-state index contributed by atoms with van der Waals surface area (Å²) in [5, 5.41) is 3.42. The SMILES string of the molecule is CCn1c(Nc2ccc3c(c2)OCCO3)nc2ccc(C(=O)N(CCC(C)C)CCC(C)C)cc21. The third kappa shape index (κ3) is 5.89. The van der Waals surface area contributed by atoms with E-state index in [-0.39, 0.29) is 5.91 Å². The fourth-order valence-corrected chi connectivity index (χ4v) is 4.25. The lowest BCUT2D eigenvalue weighted by molar-refractivity contribution is 0.0741. The van der Waals surface area contributed by atoms with Crippen molar-refractivity contribution in [2.75, 3.05) is 31.6 Å². The molecule has 0 atom stereocenters. The number of fused-ring (bicyclic) bond motifs is 2. The van der Waals surface area contributed by atoms with Crippen molar-refractivity contribution in [3.63, 3.8) is 0 Å². The molecule has 1 N–H and O–H groups in total. The summed E-state index contributed by atoms with van der Waals surface area (Å²) < 4.78 is 13.5. The first-order valence-corrected chi connectivity index (χ1v) is 12.8. The van der Waals surface area contributed by atoms with Gasteiger partial charge in [0.05, 0.1) is 11.0 Å². The second-order valence-electron chi connectivity index (χ2n) is 10.0. The molecule has 4 rings (SSSR count). The zero-order valence-electron chi connectivity index (χ0n) is 21.6. The van der Waals surface area contributed by atoms with Crippen LogP contribution < -0.4 is 14.8 Å². The fourth-order valence-electron chi connectivity index (χ4n) is 4.25. The highest BCUT2D eigenvalue weighted by molar-refractivity contribution is 5.98. The topological polar surface area (TPSA) is 68.6 Å². The van der Waals surface area contributed by atoms with Crippen molar-refractivity contribution >= 4 is 28.6 Å². The van der Waals surface area contributed by atoms with E-state index in [1.165, 1.54) is 0 Å². The molecule has 1 aliphatic rings. The molecule has 0 saturated heterocycles. The van der Waals surface area contributed by atoms with Crippen molar-refractivity contribution in [2.45, 2.75) is 54.0 Å². The Morgan fingerprint density at radius 3 is 2.34 bits per heavy atom. The Labute approximate surface area is 208 Å². The monoisotopic (exact) mass is 478 g/mol. The second kappa shape index (κ2) is 11.0. The molecule has 1 aliphatic heterocycles. The number of anilines is 2. The number of hydrogen-bond donors (Lipinski definition) is 1. The molecule has 0 spiro atoms. The molecule has 0 bridgehead atoms. The van der Waals surface area contributed by atoms with Crippen LogP contribution in [-0.2, 0) is 6.54 Å². The number of aryl methyl sites for hydroxylation is 1. The summed E-state index contributed by atoms with van der Waals surface area (Å²) in [6.07, 6.45) is 2.01. The van der Waals surface area contributed by atoms with E-state index in [1.807, 2.05) is 41.3 Å². The van der Waals surface area contributed by atoms with Crippen molar-refractivity contribution in [3.8, 4) is 11.5 Å². The minimum atomic E-state index is 0.0957. The number of rotatable bonds is 10. The van der Waals surface area contributed by atoms with E-state index in [9.17, 15) is 4.79 Å². The first kappa shape index (κ1) is 24.9. The van der Waals surface area contributed by atoms with Crippen LogP contribution in [0.2, 0.25) is 0 Å². The van der Waals surface area contributed by atoms with E-state index in [1.54, 1.807) is 0 Å². The standard InChI is InChI=1S/C28H38N4O3/c1-6-32-24-17-21(27(33)31(13-11-19(2)3)14-12-20(4)5)7-9-23(24)30-28(32)29-22-8-10-25-26(18-22)35-16-15-34-25/h7-10,17-20H,6,11-16H2,1-5H3,(H,29,30). The number of carbonyl (C=O) groups excluding carboxylic acids is 1. The quantitative estimate of drug-likeness (QED) is 0.381. The van der Waals surface area contributed by atoms with Gasteiger partial charge in [0.2, 0.25) is 5.95 Å². The Hall–Kier alpha value is -3.22. The lowest BCUT2D eigenvalue weighted by Gasteiger charge is -2.24. The Bertz CT molecular complexity index is 1160. The summed E-state index contributed by atoms with van der Waals surface area (Å²) in [5.74, 6) is 3.44. The average molecular weight is 479 g/mol. The number of carbonyl (C=O) groups is 1. The van der Waals surface area contributed by atoms with Gasteiger partial charge in [0, 0.05) is 37.0 Å². The number of ether oxygens (including phenoxy) is 2. The minimum absolute atomic E-state index is 0.0957. The minimum Gasteiger partial charge on any atom is -0.486 e. The largest absolute Gasteiger partial charge is 0.486 e. The lowest BCUT2D eigenvalue weighted by atomic mass is 10.1. The van der Waals surface area contributed by atoms with Crippen LogP contribution in [0.25, 0.3) is 11.0 Å². The van der Waals surface area contributed by atoms with Gasteiger partial charge < -0.3 is 24.3 Å². The summed E-state index contributed by atoms with van der Waals surface area (Å²) in [7, 11) is 0. The van der Waals surface area contributed by atoms with Gasteiger partial charge in [-0.3, -0.25) is 4.79 Å². The van der Waals surface area contributed by atoms with Crippen LogP contribution in [0.1, 0.15) is 57.8 Å². The number of hydrogen-bond acceptors (Lipinski definition) is 5. The molecular weight excluding hydrogens is 440 g/mol. The van der Waals surface area contributed by atoms with Crippen LogP contribution in [-0.4, -0.2) is 46.7 Å². The maximum absolute atomic E-state index is 13.5. The predicted octanol–water partition coefficient (Wildman–Crippen LogP) is 6.11. The molecule has 0 unspecified atom stereocenters. The lowest BCUT2D eigenvalue weighted by Crippen LogP contribution is -2.34. The van der Waals surface area contributed by atoms with Crippen LogP contribution in [0.15, 0.2) is 36.4 Å². The van der Waals surface area contributed by atoms with E-state index in [2.05, 4.69) is 44.5 Å². The van der Waals surface area contributed by atoms with Gasteiger partial charge in [0.1, 0.15) is 13.2 Å². The van der Waals surface area contributed by atoms with Crippen LogP contribution in [0.3, 0.4) is 0 Å². The van der Waals surface area contributed by atoms with Crippen LogP contribution in [0.4, 0.5) is 11.6 Å². The predicted molar refractivity (Wildman–Crippen MR) is 141 cm³/mol. The van der Waals surface area contributed by atoms with Crippen LogP contribution in [0.5, 0.6) is 11.5 Å². The zero-order valence-corrected chi connectivity index (χ0v) is 21.6. The highest BCUT2D eigenvalue weighted by atomic mass is 16.6. The average Bonchev–Trinajstić information content (AvgIpc) is 3.19. The normalized spacial score (nSPS) is 13.0. The van der Waals surface area contributed by atoms with Gasteiger partial charge in [-0.15, -0.1) is 0 Å². The van der Waals surface area contributed by atoms with Crippen LogP contribution >= 0.6 is 0 Å². The van der Waals surface area contributed by atoms with Crippen molar-refractivity contribution < 1.29 is 14.3 Å². The fraction of sp³-hybridized carbons (Fsp3) is 0.500. The van der Waals surface area contributed by atoms with Crippen molar-refractivity contribution in [1.82, 2.24) is 14.5 Å². The molecule has 1 aromatic heterocycles.